The molecule has 0 aromatic heterocycles. The summed E-state index contributed by atoms with van der Waals surface area (Å²) in [6.07, 6.45) is 1.26. The summed E-state index contributed by atoms with van der Waals surface area (Å²) >= 11 is 0. The molecule has 0 aliphatic heterocycles. The van der Waals surface area contributed by atoms with Crippen LogP contribution in [0.1, 0.15) is 18.4 Å². The van der Waals surface area contributed by atoms with Gasteiger partial charge in [-0.3, -0.25) is 10.1 Å². The second-order valence-electron chi connectivity index (χ2n) is 4.72. The fourth-order valence-electron chi connectivity index (χ4n) is 1.74. The molecule has 1 fully saturated rings. The average molecular weight is 286 g/mol. The van der Waals surface area contributed by atoms with E-state index in [0.717, 1.165) is 0 Å². The van der Waals surface area contributed by atoms with Gasteiger partial charge >= 0.3 is 0 Å². The van der Waals surface area contributed by atoms with E-state index in [9.17, 15) is 18.5 Å². The number of rotatable bonds is 6. The molecule has 19 heavy (non-hydrogen) atoms. The van der Waals surface area contributed by atoms with Crippen LogP contribution in [0.3, 0.4) is 0 Å². The molecule has 1 aliphatic rings. The van der Waals surface area contributed by atoms with E-state index in [1.54, 1.807) is 0 Å². The number of nitro groups is 1. The molecule has 2 N–H and O–H groups in total. The first-order valence-corrected chi connectivity index (χ1v) is 7.37. The monoisotopic (exact) mass is 286 g/mol. The molecule has 1 aromatic carbocycles. The van der Waals surface area contributed by atoms with E-state index in [-0.39, 0.29) is 18.0 Å². The number of hydrogen-bond donors (Lipinski definition) is 2. The summed E-state index contributed by atoms with van der Waals surface area (Å²) in [5.41, 5.74) is -0.311. The number of benzene rings is 1. The zero-order valence-corrected chi connectivity index (χ0v) is 10.9. The first-order chi connectivity index (χ1) is 8.86. The van der Waals surface area contributed by atoms with Gasteiger partial charge in [0.05, 0.1) is 22.8 Å². The molecule has 0 amide bonds. The number of nitrogens with one attached hydrogen (secondary N) is 1. The lowest BCUT2D eigenvalue weighted by molar-refractivity contribution is -0.384. The number of nitro benzene ring substituents is 1. The van der Waals surface area contributed by atoms with Gasteiger partial charge in [-0.2, -0.15) is 0 Å². The third-order valence-corrected chi connectivity index (χ3v) is 4.49. The maximum Gasteiger partial charge on any atom is 0.269 e. The number of aliphatic hydroxyl groups is 1. The SMILES string of the molecule is O=[N+]([O-])c1ccc(CS(=O)(=O)NC2(CO)CC2)cc1. The largest absolute Gasteiger partial charge is 0.394 e. The molecule has 2 rings (SSSR count). The number of non-ortho nitro benzene ring substituents is 1. The van der Waals surface area contributed by atoms with Crippen molar-refractivity contribution in [2.24, 2.45) is 0 Å². The Kier molecular flexibility index (Phi) is 3.57. The summed E-state index contributed by atoms with van der Waals surface area (Å²) in [7, 11) is -3.55. The molecule has 0 spiro atoms. The first-order valence-electron chi connectivity index (χ1n) is 5.72. The minimum atomic E-state index is -3.55. The lowest BCUT2D eigenvalue weighted by Gasteiger charge is -2.14. The topological polar surface area (TPSA) is 110 Å². The van der Waals surface area contributed by atoms with Crippen LogP contribution in [0, 0.1) is 10.1 Å². The normalized spacial score (nSPS) is 17.1. The highest BCUT2D eigenvalue weighted by Gasteiger charge is 2.45. The third-order valence-electron chi connectivity index (χ3n) is 3.03. The fraction of sp³-hybridized carbons (Fsp3) is 0.455. The Bertz CT molecular complexity index is 578. The van der Waals surface area contributed by atoms with E-state index < -0.39 is 20.5 Å². The van der Waals surface area contributed by atoms with Gasteiger partial charge in [0.2, 0.25) is 10.0 Å². The van der Waals surface area contributed by atoms with Gasteiger partial charge in [0.15, 0.2) is 0 Å². The molecule has 1 aromatic rings. The molecule has 0 radical (unpaired) electrons. The van der Waals surface area contributed by atoms with E-state index in [1.807, 2.05) is 0 Å². The summed E-state index contributed by atoms with van der Waals surface area (Å²) in [4.78, 5) is 9.94. The smallest absolute Gasteiger partial charge is 0.269 e. The van der Waals surface area contributed by atoms with Gasteiger partial charge in [-0.25, -0.2) is 13.1 Å². The Morgan fingerprint density at radius 2 is 1.89 bits per heavy atom. The summed E-state index contributed by atoms with van der Waals surface area (Å²) in [5.74, 6) is -0.257. The molecule has 0 atom stereocenters. The Balaban J connectivity index is 2.05. The number of nitrogens with zero attached hydrogens (tertiary/aromatic N) is 1. The van der Waals surface area contributed by atoms with Gasteiger partial charge in [-0.1, -0.05) is 12.1 Å². The minimum absolute atomic E-state index is 0.0804. The maximum atomic E-state index is 11.9. The van der Waals surface area contributed by atoms with Gasteiger partial charge in [0, 0.05) is 12.1 Å². The Hall–Kier alpha value is -1.51. The van der Waals surface area contributed by atoms with Crippen LogP contribution in [0.5, 0.6) is 0 Å². The standard InChI is InChI=1S/C11H14N2O5S/c14-8-11(5-6-11)12-19(17,18)7-9-1-3-10(4-2-9)13(15)16/h1-4,12,14H,5-8H2. The van der Waals surface area contributed by atoms with Crippen LogP contribution in [0.25, 0.3) is 0 Å². The molecule has 1 saturated carbocycles. The van der Waals surface area contributed by atoms with E-state index in [2.05, 4.69) is 4.72 Å². The minimum Gasteiger partial charge on any atom is -0.394 e. The predicted octanol–water partition coefficient (Wildman–Crippen LogP) is 0.539. The van der Waals surface area contributed by atoms with Crippen molar-refractivity contribution in [2.75, 3.05) is 6.61 Å². The molecular weight excluding hydrogens is 272 g/mol. The van der Waals surface area contributed by atoms with Gasteiger partial charge in [0.1, 0.15) is 0 Å². The van der Waals surface area contributed by atoms with Crippen molar-refractivity contribution in [1.82, 2.24) is 4.72 Å². The molecule has 8 heteroatoms. The van der Waals surface area contributed by atoms with E-state index >= 15 is 0 Å². The lowest BCUT2D eigenvalue weighted by Crippen LogP contribution is -2.40. The van der Waals surface area contributed by atoms with Crippen LogP contribution in [0.2, 0.25) is 0 Å². The van der Waals surface area contributed by atoms with Crippen LogP contribution in [0.4, 0.5) is 5.69 Å². The first kappa shape index (κ1) is 13.9. The highest BCUT2D eigenvalue weighted by molar-refractivity contribution is 7.88. The van der Waals surface area contributed by atoms with E-state index in [4.69, 9.17) is 5.11 Å². The number of aliphatic hydroxyl groups excluding tert-OH is 1. The van der Waals surface area contributed by atoms with Crippen molar-refractivity contribution in [3.05, 3.63) is 39.9 Å². The molecule has 0 unspecified atom stereocenters. The molecular formula is C11H14N2O5S. The van der Waals surface area contributed by atoms with Gasteiger partial charge in [-0.05, 0) is 18.4 Å². The van der Waals surface area contributed by atoms with Crippen LogP contribution in [-0.4, -0.2) is 30.6 Å². The Morgan fingerprint density at radius 3 is 2.32 bits per heavy atom. The van der Waals surface area contributed by atoms with Crippen LogP contribution in [0.15, 0.2) is 24.3 Å². The predicted molar refractivity (Wildman–Crippen MR) is 67.9 cm³/mol. The maximum absolute atomic E-state index is 11.9. The van der Waals surface area contributed by atoms with Crippen molar-refractivity contribution >= 4 is 15.7 Å². The van der Waals surface area contributed by atoms with Crippen LogP contribution >= 0.6 is 0 Å². The van der Waals surface area contributed by atoms with Crippen molar-refractivity contribution in [1.29, 1.82) is 0 Å². The van der Waals surface area contributed by atoms with Gasteiger partial charge < -0.3 is 5.11 Å². The fourth-order valence-corrected chi connectivity index (χ4v) is 3.37. The molecule has 0 saturated heterocycles. The Morgan fingerprint density at radius 1 is 1.32 bits per heavy atom. The van der Waals surface area contributed by atoms with Crippen molar-refractivity contribution in [3.8, 4) is 0 Å². The molecule has 1 aliphatic carbocycles. The van der Waals surface area contributed by atoms with E-state index in [1.165, 1.54) is 24.3 Å². The zero-order valence-electron chi connectivity index (χ0n) is 10.1. The van der Waals surface area contributed by atoms with Crippen LogP contribution < -0.4 is 4.72 Å². The number of sulfonamides is 1. The summed E-state index contributed by atoms with van der Waals surface area (Å²) in [6, 6.07) is 5.36. The molecule has 104 valence electrons. The van der Waals surface area contributed by atoms with Crippen LogP contribution in [-0.2, 0) is 15.8 Å². The summed E-state index contributed by atoms with van der Waals surface area (Å²) in [6.45, 7) is -0.216. The van der Waals surface area contributed by atoms with E-state index in [0.29, 0.717) is 18.4 Å². The summed E-state index contributed by atoms with van der Waals surface area (Å²) in [5, 5.41) is 19.6. The molecule has 0 heterocycles. The highest BCUT2D eigenvalue weighted by Crippen LogP contribution is 2.35. The van der Waals surface area contributed by atoms with Crippen molar-refractivity contribution in [3.63, 3.8) is 0 Å². The number of hydrogen-bond acceptors (Lipinski definition) is 5. The van der Waals surface area contributed by atoms with Gasteiger partial charge in [-0.15, -0.1) is 0 Å². The highest BCUT2D eigenvalue weighted by atomic mass is 32.2. The average Bonchev–Trinajstić information content (AvgIpc) is 3.08. The van der Waals surface area contributed by atoms with Crippen molar-refractivity contribution < 1.29 is 18.4 Å². The lowest BCUT2D eigenvalue weighted by atomic mass is 10.2. The molecule has 0 bridgehead atoms. The second kappa shape index (κ2) is 4.87. The quantitative estimate of drug-likeness (QED) is 0.586. The van der Waals surface area contributed by atoms with Crippen molar-refractivity contribution in [2.45, 2.75) is 24.1 Å². The molecule has 7 nitrogen and oxygen atoms in total. The third kappa shape index (κ3) is 3.49. The summed E-state index contributed by atoms with van der Waals surface area (Å²) < 4.78 is 26.2. The second-order valence-corrected chi connectivity index (χ2v) is 6.45. The Labute approximate surface area is 110 Å². The van der Waals surface area contributed by atoms with Gasteiger partial charge in [0.25, 0.3) is 5.69 Å². The zero-order chi connectivity index (χ0) is 14.1.